The third-order valence-electron chi connectivity index (χ3n) is 4.39. The lowest BCUT2D eigenvalue weighted by molar-refractivity contribution is 0.0884. The third kappa shape index (κ3) is 4.76. The van der Waals surface area contributed by atoms with Crippen LogP contribution >= 0.6 is 0 Å². The number of nitrogens with one attached hydrogen (secondary N) is 1. The summed E-state index contributed by atoms with van der Waals surface area (Å²) in [6.07, 6.45) is 7.27. The second-order valence-electron chi connectivity index (χ2n) is 6.39. The van der Waals surface area contributed by atoms with Gasteiger partial charge in [0, 0.05) is 39.0 Å². The molecule has 2 fully saturated rings. The van der Waals surface area contributed by atoms with Gasteiger partial charge in [-0.3, -0.25) is 4.68 Å². The fourth-order valence-electron chi connectivity index (χ4n) is 3.04. The third-order valence-corrected chi connectivity index (χ3v) is 4.39. The van der Waals surface area contributed by atoms with Crippen molar-refractivity contribution in [1.82, 2.24) is 25.2 Å². The maximum atomic E-state index is 5.29. The molecule has 0 aromatic carbocycles. The molecule has 118 valence electrons. The average Bonchev–Trinajstić information content (AvgIpc) is 3.22. The Balaban J connectivity index is 1.39. The number of piperidine rings is 1. The fraction of sp³-hybridized carbons (Fsp3) is 0.867. The molecule has 1 saturated heterocycles. The van der Waals surface area contributed by atoms with Gasteiger partial charge in [0.25, 0.3) is 0 Å². The topological polar surface area (TPSA) is 55.2 Å². The van der Waals surface area contributed by atoms with Crippen LogP contribution in [0, 0.1) is 5.92 Å². The fourth-order valence-corrected chi connectivity index (χ4v) is 3.04. The Morgan fingerprint density at radius 1 is 1.33 bits per heavy atom. The van der Waals surface area contributed by atoms with E-state index >= 15 is 0 Å². The molecule has 6 nitrogen and oxygen atoms in total. The van der Waals surface area contributed by atoms with Crippen LogP contribution in [-0.4, -0.2) is 59.3 Å². The summed E-state index contributed by atoms with van der Waals surface area (Å²) < 4.78 is 7.26. The van der Waals surface area contributed by atoms with E-state index in [0.717, 1.165) is 44.5 Å². The Bertz CT molecular complexity index is 429. The van der Waals surface area contributed by atoms with Crippen LogP contribution in [0.1, 0.15) is 31.4 Å². The van der Waals surface area contributed by atoms with E-state index in [1.165, 1.54) is 32.2 Å². The number of hydrogen-bond acceptors (Lipinski definition) is 5. The second-order valence-corrected chi connectivity index (χ2v) is 6.39. The molecule has 2 heterocycles. The molecule has 21 heavy (non-hydrogen) atoms. The zero-order valence-electron chi connectivity index (χ0n) is 13.0. The molecule has 3 rings (SSSR count). The smallest absolute Gasteiger partial charge is 0.0964 e. The number of aromatic nitrogens is 3. The molecule has 1 aliphatic heterocycles. The number of nitrogens with zero attached hydrogens (tertiary/aromatic N) is 4. The van der Waals surface area contributed by atoms with Crippen LogP contribution in [0.25, 0.3) is 0 Å². The van der Waals surface area contributed by atoms with E-state index < -0.39 is 0 Å². The van der Waals surface area contributed by atoms with Crippen molar-refractivity contribution in [3.8, 4) is 0 Å². The van der Waals surface area contributed by atoms with Crippen molar-refractivity contribution in [3.63, 3.8) is 0 Å². The highest BCUT2D eigenvalue weighted by molar-refractivity contribution is 4.94. The highest BCUT2D eigenvalue weighted by Gasteiger charge is 2.21. The minimum absolute atomic E-state index is 0.692. The van der Waals surface area contributed by atoms with Gasteiger partial charge in [-0.2, -0.15) is 0 Å². The normalized spacial score (nSPS) is 23.6. The SMILES string of the molecule is COCC1CCCN(CCn2cc(CNC3CC3)nn2)C1. The van der Waals surface area contributed by atoms with Crippen LogP contribution in [0.4, 0.5) is 0 Å². The quantitative estimate of drug-likeness (QED) is 0.771. The summed E-state index contributed by atoms with van der Waals surface area (Å²) in [5.41, 5.74) is 1.05. The molecule has 0 radical (unpaired) electrons. The minimum Gasteiger partial charge on any atom is -0.384 e. The number of ether oxygens (including phenoxy) is 1. The zero-order chi connectivity index (χ0) is 14.5. The molecule has 1 aromatic heterocycles. The van der Waals surface area contributed by atoms with E-state index in [9.17, 15) is 0 Å². The lowest BCUT2D eigenvalue weighted by atomic mass is 9.99. The van der Waals surface area contributed by atoms with Crippen molar-refractivity contribution >= 4 is 0 Å². The summed E-state index contributed by atoms with van der Waals surface area (Å²) in [4.78, 5) is 2.52. The van der Waals surface area contributed by atoms with Crippen LogP contribution in [0.5, 0.6) is 0 Å². The first-order valence-corrected chi connectivity index (χ1v) is 8.17. The van der Waals surface area contributed by atoms with Gasteiger partial charge in [0.15, 0.2) is 0 Å². The highest BCUT2D eigenvalue weighted by atomic mass is 16.5. The number of rotatable bonds is 8. The van der Waals surface area contributed by atoms with Gasteiger partial charge in [0.2, 0.25) is 0 Å². The lowest BCUT2D eigenvalue weighted by Crippen LogP contribution is -2.38. The summed E-state index contributed by atoms with van der Waals surface area (Å²) in [6, 6.07) is 0.723. The zero-order valence-corrected chi connectivity index (χ0v) is 13.0. The van der Waals surface area contributed by atoms with Crippen molar-refractivity contribution in [2.24, 2.45) is 5.92 Å². The van der Waals surface area contributed by atoms with Crippen molar-refractivity contribution < 1.29 is 4.74 Å². The largest absolute Gasteiger partial charge is 0.384 e. The van der Waals surface area contributed by atoms with Crippen LogP contribution in [-0.2, 0) is 17.8 Å². The molecule has 0 spiro atoms. The van der Waals surface area contributed by atoms with Gasteiger partial charge in [-0.1, -0.05) is 5.21 Å². The molecule has 1 N–H and O–H groups in total. The summed E-state index contributed by atoms with van der Waals surface area (Å²) in [5.74, 6) is 0.692. The average molecular weight is 293 g/mol. The Kier molecular flexibility index (Phi) is 5.22. The molecule has 2 aliphatic rings. The molecule has 0 bridgehead atoms. The van der Waals surface area contributed by atoms with Gasteiger partial charge in [-0.05, 0) is 38.1 Å². The predicted octanol–water partition coefficient (Wildman–Crippen LogP) is 0.889. The van der Waals surface area contributed by atoms with Gasteiger partial charge < -0.3 is 15.0 Å². The van der Waals surface area contributed by atoms with E-state index in [1.54, 1.807) is 7.11 Å². The van der Waals surface area contributed by atoms with Crippen molar-refractivity contribution in [2.45, 2.75) is 44.8 Å². The Morgan fingerprint density at radius 3 is 3.05 bits per heavy atom. The molecule has 1 atom stereocenters. The van der Waals surface area contributed by atoms with E-state index in [-0.39, 0.29) is 0 Å². The standard InChI is InChI=1S/C15H27N5O/c1-21-12-13-3-2-6-19(10-13)7-8-20-11-15(17-18-20)9-16-14-4-5-14/h11,13-14,16H,2-10,12H2,1H3. The monoisotopic (exact) mass is 293 g/mol. The van der Waals surface area contributed by atoms with Gasteiger partial charge in [0.05, 0.1) is 18.8 Å². The summed E-state index contributed by atoms with van der Waals surface area (Å²) >= 11 is 0. The first kappa shape index (κ1) is 14.9. The van der Waals surface area contributed by atoms with Gasteiger partial charge in [-0.25, -0.2) is 0 Å². The van der Waals surface area contributed by atoms with Crippen LogP contribution < -0.4 is 5.32 Å². The minimum atomic E-state index is 0.692. The second kappa shape index (κ2) is 7.33. The van der Waals surface area contributed by atoms with Gasteiger partial charge in [-0.15, -0.1) is 5.10 Å². The van der Waals surface area contributed by atoms with Crippen molar-refractivity contribution in [1.29, 1.82) is 0 Å². The van der Waals surface area contributed by atoms with Crippen LogP contribution in [0.15, 0.2) is 6.20 Å². The first-order chi connectivity index (χ1) is 10.3. The molecular weight excluding hydrogens is 266 g/mol. The van der Waals surface area contributed by atoms with Crippen LogP contribution in [0.2, 0.25) is 0 Å². The molecule has 1 aromatic rings. The van der Waals surface area contributed by atoms with Gasteiger partial charge >= 0.3 is 0 Å². The van der Waals surface area contributed by atoms with E-state index in [1.807, 2.05) is 4.68 Å². The van der Waals surface area contributed by atoms with Crippen molar-refractivity contribution in [3.05, 3.63) is 11.9 Å². The Labute approximate surface area is 126 Å². The Morgan fingerprint density at radius 2 is 2.24 bits per heavy atom. The van der Waals surface area contributed by atoms with E-state index in [4.69, 9.17) is 4.74 Å². The Hall–Kier alpha value is -0.980. The molecular formula is C15H27N5O. The first-order valence-electron chi connectivity index (χ1n) is 8.17. The summed E-state index contributed by atoms with van der Waals surface area (Å²) in [6.45, 7) is 6.07. The molecule has 6 heteroatoms. The predicted molar refractivity (Wildman–Crippen MR) is 80.9 cm³/mol. The summed E-state index contributed by atoms with van der Waals surface area (Å²) in [7, 11) is 1.80. The lowest BCUT2D eigenvalue weighted by Gasteiger charge is -2.32. The number of methoxy groups -OCH3 is 1. The number of hydrogen-bond donors (Lipinski definition) is 1. The molecule has 1 saturated carbocycles. The maximum Gasteiger partial charge on any atom is 0.0964 e. The summed E-state index contributed by atoms with van der Waals surface area (Å²) in [5, 5.41) is 11.9. The van der Waals surface area contributed by atoms with Crippen LogP contribution in [0.3, 0.4) is 0 Å². The van der Waals surface area contributed by atoms with Gasteiger partial charge in [0.1, 0.15) is 0 Å². The number of likely N-dealkylation sites (tertiary alicyclic amines) is 1. The molecule has 1 unspecified atom stereocenters. The maximum absolute atomic E-state index is 5.29. The highest BCUT2D eigenvalue weighted by Crippen LogP contribution is 2.19. The molecule has 0 amide bonds. The molecule has 1 aliphatic carbocycles. The van der Waals surface area contributed by atoms with Crippen molar-refractivity contribution in [2.75, 3.05) is 33.4 Å². The van der Waals surface area contributed by atoms with E-state index in [2.05, 4.69) is 26.7 Å². The van der Waals surface area contributed by atoms with E-state index in [0.29, 0.717) is 5.92 Å².